The normalized spacial score (nSPS) is 11.8. The number of hydrogen-bond donors (Lipinski definition) is 2. The minimum absolute atomic E-state index is 0.833. The third-order valence-electron chi connectivity index (χ3n) is 7.02. The average Bonchev–Trinajstić information content (AvgIpc) is 3.58. The zero-order valence-corrected chi connectivity index (χ0v) is 23.2. The van der Waals surface area contributed by atoms with Gasteiger partial charge in [-0.2, -0.15) is 0 Å². The van der Waals surface area contributed by atoms with Gasteiger partial charge in [0.2, 0.25) is 0 Å². The van der Waals surface area contributed by atoms with Crippen LogP contribution < -0.4 is 9.80 Å². The smallest absolute Gasteiger partial charge is 0.131 e. The lowest BCUT2D eigenvalue weighted by Crippen LogP contribution is -2.07. The number of nitrogens with one attached hydrogen (secondary N) is 2. The number of H-pyrrole nitrogens is 2. The number of benzene rings is 4. The van der Waals surface area contributed by atoms with Gasteiger partial charge >= 0.3 is 0 Å². The first-order valence-corrected chi connectivity index (χ1v) is 13.3. The van der Waals surface area contributed by atoms with Crippen LogP contribution in [-0.4, -0.2) is 48.1 Å². The second-order valence-electron chi connectivity index (χ2n) is 10.3. The molecule has 0 atom stereocenters. The zero-order valence-electron chi connectivity index (χ0n) is 23.2. The first kappa shape index (κ1) is 25.2. The van der Waals surface area contributed by atoms with Crippen LogP contribution >= 0.6 is 0 Å². The number of aromatic nitrogens is 4. The summed E-state index contributed by atoms with van der Waals surface area (Å²) in [5.74, 6) is 1.67. The Hall–Kier alpha value is -5.10. The van der Waals surface area contributed by atoms with Crippen LogP contribution in [0.2, 0.25) is 0 Å². The van der Waals surface area contributed by atoms with Gasteiger partial charge in [-0.3, -0.25) is 0 Å². The number of aromatic amines is 2. The molecule has 0 amide bonds. The third kappa shape index (κ3) is 5.38. The van der Waals surface area contributed by atoms with Crippen LogP contribution in [0.1, 0.15) is 22.8 Å². The first-order chi connectivity index (χ1) is 19.4. The molecular formula is C34H32N6. The van der Waals surface area contributed by atoms with Crippen molar-refractivity contribution >= 4 is 57.7 Å². The maximum Gasteiger partial charge on any atom is 0.131 e. The highest BCUT2D eigenvalue weighted by atomic mass is 15.1. The maximum absolute atomic E-state index is 4.81. The molecule has 6 nitrogen and oxygen atoms in total. The summed E-state index contributed by atoms with van der Waals surface area (Å²) in [4.78, 5) is 20.6. The van der Waals surface area contributed by atoms with Crippen molar-refractivity contribution in [3.63, 3.8) is 0 Å². The summed E-state index contributed by atoms with van der Waals surface area (Å²) in [6, 6.07) is 29.6. The van der Waals surface area contributed by atoms with E-state index >= 15 is 0 Å². The standard InChI is InChI=1S/C34H32N6/c1-39(2)27-13-5-23(6-14-27)9-19-33-35-29-17-11-25(21-31(29)37-33)26-12-18-30-32(22-26)38-34(36-30)20-10-24-7-15-28(16-8-24)40(3)4/h5-22H,1-4H3,(H,35,37)(H,36,38). The second-order valence-corrected chi connectivity index (χ2v) is 10.3. The molecule has 0 aliphatic carbocycles. The van der Waals surface area contributed by atoms with Crippen molar-refractivity contribution in [2.45, 2.75) is 0 Å². The topological polar surface area (TPSA) is 63.8 Å². The Kier molecular flexibility index (Phi) is 6.66. The SMILES string of the molecule is CN(C)c1ccc(C=Cc2nc3cc(-c4ccc5nc(C=Cc6ccc(N(C)C)cc6)[nH]c5c4)ccc3[nH]2)cc1. The lowest BCUT2D eigenvalue weighted by atomic mass is 10.0. The molecule has 2 aromatic heterocycles. The number of hydrogen-bond acceptors (Lipinski definition) is 4. The summed E-state index contributed by atoms with van der Waals surface area (Å²) in [5, 5.41) is 0. The molecular weight excluding hydrogens is 492 g/mol. The summed E-state index contributed by atoms with van der Waals surface area (Å²) in [7, 11) is 8.18. The number of anilines is 2. The monoisotopic (exact) mass is 524 g/mol. The van der Waals surface area contributed by atoms with Crippen LogP contribution in [0, 0.1) is 0 Å². The van der Waals surface area contributed by atoms with E-state index in [1.807, 2.05) is 40.3 Å². The fourth-order valence-electron chi connectivity index (χ4n) is 4.69. The second kappa shape index (κ2) is 10.6. The molecule has 0 aliphatic rings. The van der Waals surface area contributed by atoms with Gasteiger partial charge in [-0.15, -0.1) is 0 Å². The van der Waals surface area contributed by atoms with E-state index in [4.69, 9.17) is 9.97 Å². The van der Waals surface area contributed by atoms with Crippen molar-refractivity contribution < 1.29 is 0 Å². The zero-order chi connectivity index (χ0) is 27.6. The Morgan fingerprint density at radius 3 is 1.57 bits per heavy atom. The summed E-state index contributed by atoms with van der Waals surface area (Å²) >= 11 is 0. The third-order valence-corrected chi connectivity index (χ3v) is 7.02. The van der Waals surface area contributed by atoms with Gasteiger partial charge in [-0.25, -0.2) is 9.97 Å². The maximum atomic E-state index is 4.81. The van der Waals surface area contributed by atoms with Crippen LogP contribution in [0.5, 0.6) is 0 Å². The molecule has 2 N–H and O–H groups in total. The Labute approximate surface area is 234 Å². The number of rotatable bonds is 7. The van der Waals surface area contributed by atoms with Crippen LogP contribution in [0.15, 0.2) is 84.9 Å². The van der Waals surface area contributed by atoms with E-state index in [2.05, 4.69) is 117 Å². The highest BCUT2D eigenvalue weighted by Crippen LogP contribution is 2.27. The van der Waals surface area contributed by atoms with Gasteiger partial charge in [-0.1, -0.05) is 48.6 Å². The molecule has 0 saturated carbocycles. The van der Waals surface area contributed by atoms with E-state index < -0.39 is 0 Å². The summed E-state index contributed by atoms with van der Waals surface area (Å²) in [6.07, 6.45) is 8.20. The lowest BCUT2D eigenvalue weighted by molar-refractivity contribution is 1.13. The Morgan fingerprint density at radius 2 is 1.00 bits per heavy atom. The van der Waals surface area contributed by atoms with E-state index in [0.717, 1.165) is 56.0 Å². The molecule has 0 unspecified atom stereocenters. The molecule has 6 rings (SSSR count). The van der Waals surface area contributed by atoms with Crippen molar-refractivity contribution in [1.82, 2.24) is 19.9 Å². The molecule has 0 spiro atoms. The Morgan fingerprint density at radius 1 is 0.500 bits per heavy atom. The molecule has 0 aliphatic heterocycles. The number of nitrogens with zero attached hydrogens (tertiary/aromatic N) is 4. The van der Waals surface area contributed by atoms with Crippen molar-refractivity contribution in [1.29, 1.82) is 0 Å². The molecule has 6 aromatic rings. The molecule has 0 bridgehead atoms. The molecule has 4 aromatic carbocycles. The largest absolute Gasteiger partial charge is 0.378 e. The molecule has 2 heterocycles. The highest BCUT2D eigenvalue weighted by molar-refractivity contribution is 5.88. The fraction of sp³-hybridized carbons (Fsp3) is 0.118. The minimum atomic E-state index is 0.833. The minimum Gasteiger partial charge on any atom is -0.378 e. The van der Waals surface area contributed by atoms with Crippen LogP contribution in [0.4, 0.5) is 11.4 Å². The summed E-state index contributed by atoms with van der Waals surface area (Å²) in [6.45, 7) is 0. The first-order valence-electron chi connectivity index (χ1n) is 13.3. The van der Waals surface area contributed by atoms with Gasteiger partial charge in [0.25, 0.3) is 0 Å². The Bertz CT molecular complexity index is 1700. The van der Waals surface area contributed by atoms with Gasteiger partial charge in [-0.05, 0) is 82.9 Å². The average molecular weight is 525 g/mol. The van der Waals surface area contributed by atoms with Gasteiger partial charge in [0.15, 0.2) is 0 Å². The van der Waals surface area contributed by atoms with Gasteiger partial charge in [0.1, 0.15) is 11.6 Å². The molecule has 0 radical (unpaired) electrons. The predicted molar refractivity (Wildman–Crippen MR) is 171 cm³/mol. The van der Waals surface area contributed by atoms with Crippen LogP contribution in [0.25, 0.3) is 57.5 Å². The Balaban J connectivity index is 1.20. The molecule has 0 saturated heterocycles. The van der Waals surface area contributed by atoms with Gasteiger partial charge in [0.05, 0.1) is 22.1 Å². The van der Waals surface area contributed by atoms with Gasteiger partial charge in [0, 0.05) is 39.6 Å². The fourth-order valence-corrected chi connectivity index (χ4v) is 4.69. The molecule has 6 heteroatoms. The van der Waals surface area contributed by atoms with Crippen LogP contribution in [0.3, 0.4) is 0 Å². The summed E-state index contributed by atoms with van der Waals surface area (Å²) in [5.41, 5.74) is 10.8. The van der Waals surface area contributed by atoms with E-state index in [1.165, 1.54) is 11.4 Å². The van der Waals surface area contributed by atoms with Gasteiger partial charge < -0.3 is 19.8 Å². The number of fused-ring (bicyclic) bond motifs is 2. The van der Waals surface area contributed by atoms with E-state index in [1.54, 1.807) is 0 Å². The van der Waals surface area contributed by atoms with Crippen molar-refractivity contribution in [2.24, 2.45) is 0 Å². The molecule has 0 fully saturated rings. The van der Waals surface area contributed by atoms with Crippen LogP contribution in [-0.2, 0) is 0 Å². The van der Waals surface area contributed by atoms with Crippen molar-refractivity contribution in [3.05, 3.63) is 108 Å². The van der Waals surface area contributed by atoms with Crippen molar-refractivity contribution in [3.8, 4) is 11.1 Å². The highest BCUT2D eigenvalue weighted by Gasteiger charge is 2.07. The molecule has 40 heavy (non-hydrogen) atoms. The number of imidazole rings is 2. The van der Waals surface area contributed by atoms with Crippen molar-refractivity contribution in [2.75, 3.05) is 38.0 Å². The van der Waals surface area contributed by atoms with E-state index in [9.17, 15) is 0 Å². The van der Waals surface area contributed by atoms with E-state index in [0.29, 0.717) is 0 Å². The molecule has 198 valence electrons. The quantitative estimate of drug-likeness (QED) is 0.226. The van der Waals surface area contributed by atoms with E-state index in [-0.39, 0.29) is 0 Å². The summed E-state index contributed by atoms with van der Waals surface area (Å²) < 4.78 is 0. The lowest BCUT2D eigenvalue weighted by Gasteiger charge is -2.11. The predicted octanol–water partition coefficient (Wildman–Crippen LogP) is 7.58.